The second kappa shape index (κ2) is 13.4. The first-order valence-electron chi connectivity index (χ1n) is 13.7. The van der Waals surface area contributed by atoms with Gasteiger partial charge in [0.25, 0.3) is 0 Å². The maximum absolute atomic E-state index is 13.9. The zero-order chi connectivity index (χ0) is 28.7. The van der Waals surface area contributed by atoms with Crippen LogP contribution in [-0.4, -0.2) is 71.7 Å². The number of benzene rings is 2. The van der Waals surface area contributed by atoms with Crippen LogP contribution in [0.3, 0.4) is 0 Å². The maximum atomic E-state index is 13.9. The van der Waals surface area contributed by atoms with Gasteiger partial charge in [-0.1, -0.05) is 88.4 Å². The number of carbonyl (C=O) groups excluding carboxylic acids is 4. The van der Waals surface area contributed by atoms with E-state index in [1.807, 2.05) is 88.4 Å². The summed E-state index contributed by atoms with van der Waals surface area (Å²) in [5, 5.41) is 5.89. The van der Waals surface area contributed by atoms with Crippen LogP contribution in [0.5, 0.6) is 0 Å². The van der Waals surface area contributed by atoms with E-state index in [4.69, 9.17) is 0 Å². The van der Waals surface area contributed by atoms with E-state index in [-0.39, 0.29) is 36.5 Å². The molecule has 0 unspecified atom stereocenters. The molecule has 39 heavy (non-hydrogen) atoms. The molecule has 1 aliphatic rings. The topological polar surface area (TPSA) is 98.8 Å². The summed E-state index contributed by atoms with van der Waals surface area (Å²) in [5.74, 6) is -1.59. The van der Waals surface area contributed by atoms with Gasteiger partial charge in [-0.15, -0.1) is 0 Å². The van der Waals surface area contributed by atoms with Crippen molar-refractivity contribution in [1.29, 1.82) is 0 Å². The van der Waals surface area contributed by atoms with Crippen LogP contribution in [-0.2, 0) is 32.0 Å². The molecule has 4 atom stereocenters. The number of rotatable bonds is 7. The highest BCUT2D eigenvalue weighted by Crippen LogP contribution is 2.18. The second-order valence-corrected chi connectivity index (χ2v) is 11.2. The van der Waals surface area contributed by atoms with E-state index in [9.17, 15) is 19.2 Å². The highest BCUT2D eigenvalue weighted by Gasteiger charge is 2.40. The van der Waals surface area contributed by atoms with Gasteiger partial charge in [-0.25, -0.2) is 0 Å². The van der Waals surface area contributed by atoms with E-state index >= 15 is 0 Å². The van der Waals surface area contributed by atoms with Crippen LogP contribution < -0.4 is 10.6 Å². The van der Waals surface area contributed by atoms with Crippen LogP contribution in [0.2, 0.25) is 0 Å². The molecule has 1 aliphatic heterocycles. The Morgan fingerprint density at radius 3 is 1.54 bits per heavy atom. The van der Waals surface area contributed by atoms with Crippen LogP contribution in [0, 0.1) is 11.8 Å². The molecule has 1 fully saturated rings. The molecule has 8 nitrogen and oxygen atoms in total. The van der Waals surface area contributed by atoms with Crippen molar-refractivity contribution in [2.24, 2.45) is 11.8 Å². The Kier molecular flexibility index (Phi) is 10.3. The molecule has 4 amide bonds. The molecule has 0 bridgehead atoms. The zero-order valence-electron chi connectivity index (χ0n) is 23.9. The maximum Gasteiger partial charge on any atom is 0.245 e. The van der Waals surface area contributed by atoms with Gasteiger partial charge in [-0.3, -0.25) is 19.2 Å². The molecular weight excluding hydrogens is 492 g/mol. The minimum atomic E-state index is -0.860. The van der Waals surface area contributed by atoms with Crippen LogP contribution >= 0.6 is 0 Å². The molecule has 2 aromatic rings. The number of amides is 4. The molecule has 8 heteroatoms. The van der Waals surface area contributed by atoms with Gasteiger partial charge in [0.15, 0.2) is 0 Å². The van der Waals surface area contributed by atoms with Gasteiger partial charge < -0.3 is 20.4 Å². The number of nitrogens with one attached hydrogen (secondary N) is 2. The molecule has 1 heterocycles. The van der Waals surface area contributed by atoms with Crippen molar-refractivity contribution in [2.45, 2.75) is 71.1 Å². The van der Waals surface area contributed by atoms with Crippen molar-refractivity contribution in [1.82, 2.24) is 20.4 Å². The Balaban J connectivity index is 2.06. The quantitative estimate of drug-likeness (QED) is 0.571. The number of carbonyl (C=O) groups is 4. The van der Waals surface area contributed by atoms with Crippen LogP contribution in [0.25, 0.3) is 0 Å². The average molecular weight is 535 g/mol. The first kappa shape index (κ1) is 29.9. The van der Waals surface area contributed by atoms with E-state index in [0.29, 0.717) is 6.42 Å². The first-order chi connectivity index (χ1) is 18.5. The van der Waals surface area contributed by atoms with Crippen molar-refractivity contribution < 1.29 is 19.2 Å². The van der Waals surface area contributed by atoms with Gasteiger partial charge in [-0.05, 0) is 29.4 Å². The summed E-state index contributed by atoms with van der Waals surface area (Å²) >= 11 is 0. The van der Waals surface area contributed by atoms with Gasteiger partial charge >= 0.3 is 0 Å². The summed E-state index contributed by atoms with van der Waals surface area (Å²) in [7, 11) is 3.19. The third kappa shape index (κ3) is 7.68. The predicted molar refractivity (Wildman–Crippen MR) is 152 cm³/mol. The van der Waals surface area contributed by atoms with Gasteiger partial charge in [-0.2, -0.15) is 0 Å². The molecule has 3 rings (SSSR count). The normalized spacial score (nSPS) is 23.4. The van der Waals surface area contributed by atoms with Crippen molar-refractivity contribution in [3.8, 4) is 0 Å². The summed E-state index contributed by atoms with van der Waals surface area (Å²) in [6, 6.07) is 15.5. The monoisotopic (exact) mass is 534 g/mol. The lowest BCUT2D eigenvalue weighted by Gasteiger charge is -2.37. The molecule has 1 saturated heterocycles. The number of hydrogen-bond donors (Lipinski definition) is 2. The van der Waals surface area contributed by atoms with Crippen molar-refractivity contribution in [3.05, 3.63) is 71.8 Å². The lowest BCUT2D eigenvalue weighted by atomic mass is 9.96. The smallest absolute Gasteiger partial charge is 0.245 e. The second-order valence-electron chi connectivity index (χ2n) is 11.2. The molecule has 210 valence electrons. The predicted octanol–water partition coefficient (Wildman–Crippen LogP) is 2.81. The molecule has 0 aliphatic carbocycles. The summed E-state index contributed by atoms with van der Waals surface area (Å²) in [6.45, 7) is 7.67. The van der Waals surface area contributed by atoms with Gasteiger partial charge in [0.05, 0.1) is 0 Å². The Bertz CT molecular complexity index is 1100. The zero-order valence-corrected chi connectivity index (χ0v) is 23.9. The third-order valence-electron chi connectivity index (χ3n) is 7.33. The van der Waals surface area contributed by atoms with E-state index < -0.39 is 36.0 Å². The Labute approximate surface area is 232 Å². The van der Waals surface area contributed by atoms with Crippen LogP contribution in [0.4, 0.5) is 0 Å². The minimum absolute atomic E-state index is 0.110. The Morgan fingerprint density at radius 1 is 0.667 bits per heavy atom. The first-order valence-corrected chi connectivity index (χ1v) is 13.7. The van der Waals surface area contributed by atoms with Crippen molar-refractivity contribution in [3.63, 3.8) is 0 Å². The summed E-state index contributed by atoms with van der Waals surface area (Å²) < 4.78 is 0. The van der Waals surface area contributed by atoms with E-state index in [1.165, 1.54) is 9.80 Å². The van der Waals surface area contributed by atoms with E-state index in [1.54, 1.807) is 14.1 Å². The molecular formula is C31H42N4O4. The summed E-state index contributed by atoms with van der Waals surface area (Å²) in [6.07, 6.45) is 0.963. The molecule has 0 aromatic heterocycles. The largest absolute Gasteiger partial charge is 0.342 e. The number of nitrogens with zero attached hydrogens (tertiary/aromatic N) is 2. The van der Waals surface area contributed by atoms with E-state index in [2.05, 4.69) is 10.6 Å². The molecule has 0 saturated carbocycles. The average Bonchev–Trinajstić information content (AvgIpc) is 2.91. The minimum Gasteiger partial charge on any atom is -0.342 e. The van der Waals surface area contributed by atoms with E-state index in [0.717, 1.165) is 11.1 Å². The third-order valence-corrected chi connectivity index (χ3v) is 7.33. The Morgan fingerprint density at radius 2 is 1.10 bits per heavy atom. The summed E-state index contributed by atoms with van der Waals surface area (Å²) in [4.78, 5) is 58.1. The molecule has 2 aromatic carbocycles. The standard InChI is InChI=1S/C31H42N4O4/c1-20(2)17-24-30(38)34(5)26(19-23-15-11-8-12-16-23)29(37)33-27(21(3)4)31(39)35(6)25(28(36)32-24)18-22-13-9-7-10-14-22/h7-16,20-21,24-27H,17-19H2,1-6H3,(H,32,36)(H,33,37)/t24-,25-,26-,27+/m0/s1. The summed E-state index contributed by atoms with van der Waals surface area (Å²) in [5.41, 5.74) is 1.78. The fourth-order valence-corrected chi connectivity index (χ4v) is 4.98. The lowest BCUT2D eigenvalue weighted by molar-refractivity contribution is -0.148. The molecule has 0 radical (unpaired) electrons. The van der Waals surface area contributed by atoms with Crippen molar-refractivity contribution in [2.75, 3.05) is 14.1 Å². The number of hydrogen-bond acceptors (Lipinski definition) is 4. The molecule has 0 spiro atoms. The fraction of sp³-hybridized carbons (Fsp3) is 0.484. The lowest BCUT2D eigenvalue weighted by Crippen LogP contribution is -2.63. The van der Waals surface area contributed by atoms with Crippen LogP contribution in [0.1, 0.15) is 45.2 Å². The Hall–Kier alpha value is -3.68. The van der Waals surface area contributed by atoms with Gasteiger partial charge in [0.1, 0.15) is 24.2 Å². The SMILES string of the molecule is CC(C)C[C@@H]1NC(=O)[C@H](Cc2ccccc2)N(C)C(=O)[C@@H](C(C)C)NC(=O)[C@H](Cc2ccccc2)N(C)C1=O. The molecule has 2 N–H and O–H groups in total. The van der Waals surface area contributed by atoms with Crippen molar-refractivity contribution >= 4 is 23.6 Å². The highest BCUT2D eigenvalue weighted by atomic mass is 16.2. The van der Waals surface area contributed by atoms with Crippen LogP contribution in [0.15, 0.2) is 60.7 Å². The highest BCUT2D eigenvalue weighted by molar-refractivity contribution is 5.97. The van der Waals surface area contributed by atoms with Gasteiger partial charge in [0, 0.05) is 26.9 Å². The number of likely N-dealkylation sites (N-methyl/N-ethyl adjacent to an activating group) is 2. The fourth-order valence-electron chi connectivity index (χ4n) is 4.98. The van der Waals surface area contributed by atoms with Gasteiger partial charge in [0.2, 0.25) is 23.6 Å².